The van der Waals surface area contributed by atoms with Gasteiger partial charge in [0, 0.05) is 28.1 Å². The second kappa shape index (κ2) is 15.9. The topological polar surface area (TPSA) is 99.1 Å². The van der Waals surface area contributed by atoms with Gasteiger partial charge in [-0.3, -0.25) is 14.4 Å². The second-order valence-electron chi connectivity index (χ2n) is 10.8. The van der Waals surface area contributed by atoms with E-state index >= 15 is 0 Å². The van der Waals surface area contributed by atoms with Crippen LogP contribution in [0.3, 0.4) is 0 Å². The third kappa shape index (κ3) is 9.19. The van der Waals surface area contributed by atoms with Crippen molar-refractivity contribution >= 4 is 52.1 Å². The number of hydrogen-bond donors (Lipinski definition) is 2. The van der Waals surface area contributed by atoms with Crippen LogP contribution in [0.5, 0.6) is 0 Å². The minimum atomic E-state index is -4.56. The van der Waals surface area contributed by atoms with Crippen molar-refractivity contribution in [1.29, 1.82) is 5.26 Å². The van der Waals surface area contributed by atoms with Crippen LogP contribution in [0, 0.1) is 11.3 Å². The molecule has 0 radical (unpaired) electrons. The average Bonchev–Trinajstić information content (AvgIpc) is 3.81. The SMILES string of the molecule is N#Cc1ccc(NC(=O)c2cc(-c3ccccc3)c(C(F)(F)F)s2)cc1.O=Cc1ccc(NC(=O)c2cc(-c3ccccc3)c(C(F)(F)F)s2)cc1. The van der Waals surface area contributed by atoms with Crippen molar-refractivity contribution in [2.75, 3.05) is 10.6 Å². The molecule has 2 N–H and O–H groups in total. The summed E-state index contributed by atoms with van der Waals surface area (Å²) in [7, 11) is 0. The first-order valence-electron chi connectivity index (χ1n) is 15.0. The maximum absolute atomic E-state index is 13.4. The zero-order valence-corrected chi connectivity index (χ0v) is 28.0. The van der Waals surface area contributed by atoms with Crippen molar-refractivity contribution in [2.24, 2.45) is 0 Å². The Labute approximate surface area is 300 Å². The Morgan fingerprint density at radius 3 is 1.33 bits per heavy atom. The fraction of sp³-hybridized carbons (Fsp3) is 0.0526. The van der Waals surface area contributed by atoms with Crippen LogP contribution in [0.15, 0.2) is 121 Å². The number of benzene rings is 4. The van der Waals surface area contributed by atoms with Gasteiger partial charge in [-0.25, -0.2) is 0 Å². The van der Waals surface area contributed by atoms with E-state index in [1.54, 1.807) is 60.7 Å². The Morgan fingerprint density at radius 2 is 0.981 bits per heavy atom. The molecule has 6 nitrogen and oxygen atoms in total. The minimum Gasteiger partial charge on any atom is -0.321 e. The number of carbonyl (C=O) groups is 3. The summed E-state index contributed by atoms with van der Waals surface area (Å²) in [4.78, 5) is 33.6. The largest absolute Gasteiger partial charge is 0.426 e. The summed E-state index contributed by atoms with van der Waals surface area (Å²) in [6.45, 7) is 0. The highest BCUT2D eigenvalue weighted by Crippen LogP contribution is 2.44. The van der Waals surface area contributed by atoms with E-state index in [0.717, 1.165) is 0 Å². The molecule has 0 atom stereocenters. The molecule has 2 aromatic heterocycles. The van der Waals surface area contributed by atoms with Gasteiger partial charge in [0.05, 0.1) is 21.4 Å². The van der Waals surface area contributed by atoms with Crippen molar-refractivity contribution in [3.05, 3.63) is 152 Å². The highest BCUT2D eigenvalue weighted by atomic mass is 32.1. The fourth-order valence-electron chi connectivity index (χ4n) is 4.75. The van der Waals surface area contributed by atoms with Crippen molar-refractivity contribution in [3.63, 3.8) is 0 Å². The van der Waals surface area contributed by atoms with Crippen molar-refractivity contribution in [2.45, 2.75) is 12.4 Å². The molecule has 4 aromatic carbocycles. The molecular weight excluding hydrogens is 725 g/mol. The molecule has 0 aliphatic rings. The van der Waals surface area contributed by atoms with Crippen molar-refractivity contribution in [3.8, 4) is 28.3 Å². The van der Waals surface area contributed by atoms with Crippen molar-refractivity contribution < 1.29 is 40.7 Å². The predicted molar refractivity (Wildman–Crippen MR) is 188 cm³/mol. The van der Waals surface area contributed by atoms with Gasteiger partial charge >= 0.3 is 12.4 Å². The van der Waals surface area contributed by atoms with Gasteiger partial charge in [0.15, 0.2) is 0 Å². The molecule has 0 saturated heterocycles. The zero-order chi connectivity index (χ0) is 37.5. The van der Waals surface area contributed by atoms with Gasteiger partial charge in [0.2, 0.25) is 0 Å². The highest BCUT2D eigenvalue weighted by Gasteiger charge is 2.38. The quantitative estimate of drug-likeness (QED) is 0.125. The van der Waals surface area contributed by atoms with Gasteiger partial charge in [-0.2, -0.15) is 31.6 Å². The molecule has 52 heavy (non-hydrogen) atoms. The Kier molecular flexibility index (Phi) is 11.4. The number of nitriles is 1. The number of rotatable bonds is 7. The molecule has 6 rings (SSSR count). The second-order valence-corrected chi connectivity index (χ2v) is 12.9. The van der Waals surface area contributed by atoms with Crippen LogP contribution in [-0.4, -0.2) is 18.1 Å². The van der Waals surface area contributed by atoms with E-state index in [1.807, 2.05) is 6.07 Å². The lowest BCUT2D eigenvalue weighted by Crippen LogP contribution is -2.10. The summed E-state index contributed by atoms with van der Waals surface area (Å²) < 4.78 is 80.2. The van der Waals surface area contributed by atoms with Crippen LogP contribution in [0.1, 0.15) is 45.0 Å². The number of nitrogens with one attached hydrogen (secondary N) is 2. The molecule has 0 aliphatic heterocycles. The molecule has 0 spiro atoms. The van der Waals surface area contributed by atoms with Crippen molar-refractivity contribution in [1.82, 2.24) is 0 Å². The summed E-state index contributed by atoms with van der Waals surface area (Å²) in [5.41, 5.74) is 2.40. The van der Waals surface area contributed by atoms with Crippen LogP contribution < -0.4 is 10.6 Å². The van der Waals surface area contributed by atoms with E-state index in [0.29, 0.717) is 62.6 Å². The maximum atomic E-state index is 13.4. The summed E-state index contributed by atoms with van der Waals surface area (Å²) in [5, 5.41) is 13.9. The summed E-state index contributed by atoms with van der Waals surface area (Å²) >= 11 is 0.810. The maximum Gasteiger partial charge on any atom is 0.426 e. The Morgan fingerprint density at radius 1 is 0.596 bits per heavy atom. The predicted octanol–water partition coefficient (Wildman–Crippen LogP) is 11.1. The van der Waals surface area contributed by atoms with Crippen LogP contribution in [0.4, 0.5) is 37.7 Å². The average molecular weight is 748 g/mol. The normalized spacial score (nSPS) is 11.1. The van der Waals surface area contributed by atoms with E-state index in [-0.39, 0.29) is 20.9 Å². The number of anilines is 2. The number of hydrogen-bond acceptors (Lipinski definition) is 6. The molecule has 0 fully saturated rings. The number of aldehydes is 1. The number of nitrogens with zero attached hydrogens (tertiary/aromatic N) is 1. The monoisotopic (exact) mass is 747 g/mol. The first-order valence-corrected chi connectivity index (χ1v) is 16.6. The zero-order valence-electron chi connectivity index (χ0n) is 26.4. The molecule has 6 aromatic rings. The third-order valence-electron chi connectivity index (χ3n) is 7.17. The molecule has 14 heteroatoms. The first-order chi connectivity index (χ1) is 24.8. The standard InChI is InChI=1S/C19H11F3N2OS.C19H12F3NO2S/c20-19(21,22)17-15(13-4-2-1-3-5-13)10-16(26-17)18(25)24-14-8-6-12(11-23)7-9-14;20-19(21,22)17-15(13-4-2-1-3-5-13)10-16(26-17)18(25)23-14-8-6-12(11-24)7-9-14/h1-10H,(H,24,25);1-11H,(H,23,25). The van der Waals surface area contributed by atoms with Gasteiger partial charge in [0.1, 0.15) is 16.0 Å². The van der Waals surface area contributed by atoms with E-state index in [2.05, 4.69) is 10.6 Å². The molecule has 0 bridgehead atoms. The lowest BCUT2D eigenvalue weighted by atomic mass is 10.1. The summed E-state index contributed by atoms with van der Waals surface area (Å²) in [6, 6.07) is 32.8. The third-order valence-corrected chi connectivity index (χ3v) is 9.53. The molecule has 0 saturated carbocycles. The number of amides is 2. The summed E-state index contributed by atoms with van der Waals surface area (Å²) in [5.74, 6) is -1.27. The number of alkyl halides is 6. The molecule has 2 heterocycles. The van der Waals surface area contributed by atoms with Gasteiger partial charge in [-0.05, 0) is 71.8 Å². The summed E-state index contributed by atoms with van der Waals surface area (Å²) in [6.07, 6.45) is -8.45. The lowest BCUT2D eigenvalue weighted by molar-refractivity contribution is -0.134. The van der Waals surface area contributed by atoms with Crippen LogP contribution in [0.2, 0.25) is 0 Å². The van der Waals surface area contributed by atoms with Crippen LogP contribution in [-0.2, 0) is 12.4 Å². The van der Waals surface area contributed by atoms with E-state index in [1.165, 1.54) is 60.7 Å². The van der Waals surface area contributed by atoms with Gasteiger partial charge in [-0.1, -0.05) is 60.7 Å². The Hall–Kier alpha value is -6.04. The Balaban J connectivity index is 0.000000201. The smallest absolute Gasteiger partial charge is 0.321 e. The number of thiophene rings is 2. The van der Waals surface area contributed by atoms with E-state index < -0.39 is 33.9 Å². The van der Waals surface area contributed by atoms with Gasteiger partial charge in [0.25, 0.3) is 11.8 Å². The number of halogens is 6. The fourth-order valence-corrected chi connectivity index (χ4v) is 6.64. The van der Waals surface area contributed by atoms with E-state index in [9.17, 15) is 40.7 Å². The first kappa shape index (κ1) is 37.2. The number of carbonyl (C=O) groups excluding carboxylic acids is 3. The van der Waals surface area contributed by atoms with Gasteiger partial charge < -0.3 is 10.6 Å². The van der Waals surface area contributed by atoms with Crippen LogP contribution >= 0.6 is 22.7 Å². The molecule has 262 valence electrons. The molecule has 2 amide bonds. The van der Waals surface area contributed by atoms with Crippen LogP contribution in [0.25, 0.3) is 22.3 Å². The molecule has 0 unspecified atom stereocenters. The van der Waals surface area contributed by atoms with Gasteiger partial charge in [-0.15, -0.1) is 22.7 Å². The minimum absolute atomic E-state index is 0.0203. The highest BCUT2D eigenvalue weighted by molar-refractivity contribution is 7.15. The molecule has 0 aliphatic carbocycles. The lowest BCUT2D eigenvalue weighted by Gasteiger charge is -2.07. The Bertz CT molecular complexity index is 2220. The molecular formula is C38H23F6N3O3S2. The van der Waals surface area contributed by atoms with E-state index in [4.69, 9.17) is 5.26 Å².